The number of aromatic nitrogens is 1. The summed E-state index contributed by atoms with van der Waals surface area (Å²) in [6, 6.07) is 1.09. The Hall–Kier alpha value is -1.98. The smallest absolute Gasteiger partial charge is 0.308 e. The van der Waals surface area contributed by atoms with Gasteiger partial charge in [0.1, 0.15) is 5.82 Å². The molecule has 1 aliphatic rings. The number of nitrogens with zero attached hydrogens (tertiary/aromatic N) is 1. The second kappa shape index (κ2) is 5.56. The Morgan fingerprint density at radius 3 is 2.85 bits per heavy atom. The highest BCUT2D eigenvalue weighted by atomic mass is 19.1. The van der Waals surface area contributed by atoms with Gasteiger partial charge in [-0.3, -0.25) is 14.6 Å². The average molecular weight is 280 g/mol. The zero-order valence-corrected chi connectivity index (χ0v) is 11.2. The SMILES string of the molecule is CC1(NC(=O)c2cncc(F)c2)CCCCC1C(=O)O. The highest BCUT2D eigenvalue weighted by molar-refractivity contribution is 5.94. The molecule has 6 heteroatoms. The van der Waals surface area contributed by atoms with Crippen LogP contribution in [0, 0.1) is 11.7 Å². The van der Waals surface area contributed by atoms with Crippen LogP contribution in [0.15, 0.2) is 18.5 Å². The van der Waals surface area contributed by atoms with Gasteiger partial charge in [-0.25, -0.2) is 4.39 Å². The van der Waals surface area contributed by atoms with Crippen molar-refractivity contribution >= 4 is 11.9 Å². The van der Waals surface area contributed by atoms with E-state index in [2.05, 4.69) is 10.3 Å². The molecular formula is C14H17FN2O3. The van der Waals surface area contributed by atoms with E-state index in [1.54, 1.807) is 6.92 Å². The van der Waals surface area contributed by atoms with Crippen molar-refractivity contribution < 1.29 is 19.1 Å². The lowest BCUT2D eigenvalue weighted by atomic mass is 9.74. The third-order valence-electron chi connectivity index (χ3n) is 3.87. The maximum Gasteiger partial charge on any atom is 0.308 e. The number of carboxylic acid groups (broad SMARTS) is 1. The minimum atomic E-state index is -0.912. The number of carbonyl (C=O) groups excluding carboxylic acids is 1. The summed E-state index contributed by atoms with van der Waals surface area (Å²) in [6.07, 6.45) is 5.11. The molecule has 5 nitrogen and oxygen atoms in total. The van der Waals surface area contributed by atoms with Crippen LogP contribution in [0.25, 0.3) is 0 Å². The quantitative estimate of drug-likeness (QED) is 0.887. The molecule has 1 heterocycles. The molecule has 20 heavy (non-hydrogen) atoms. The number of aliphatic carboxylic acids is 1. The van der Waals surface area contributed by atoms with Gasteiger partial charge < -0.3 is 10.4 Å². The van der Waals surface area contributed by atoms with Gasteiger partial charge in [0.2, 0.25) is 0 Å². The molecule has 2 N–H and O–H groups in total. The van der Waals surface area contributed by atoms with Crippen molar-refractivity contribution in [2.45, 2.75) is 38.1 Å². The van der Waals surface area contributed by atoms with Gasteiger partial charge in [0, 0.05) is 6.20 Å². The highest BCUT2D eigenvalue weighted by Crippen LogP contribution is 2.34. The number of amides is 1. The Morgan fingerprint density at radius 1 is 1.45 bits per heavy atom. The number of carbonyl (C=O) groups is 2. The van der Waals surface area contributed by atoms with E-state index in [4.69, 9.17) is 0 Å². The minimum Gasteiger partial charge on any atom is -0.481 e. The summed E-state index contributed by atoms with van der Waals surface area (Å²) in [7, 11) is 0. The van der Waals surface area contributed by atoms with Crippen LogP contribution in [-0.2, 0) is 4.79 Å². The van der Waals surface area contributed by atoms with E-state index >= 15 is 0 Å². The molecule has 0 bridgehead atoms. The molecule has 2 unspecified atom stereocenters. The van der Waals surface area contributed by atoms with Gasteiger partial charge in [0.05, 0.1) is 23.2 Å². The summed E-state index contributed by atoms with van der Waals surface area (Å²) in [5.41, 5.74) is -0.714. The van der Waals surface area contributed by atoms with Crippen molar-refractivity contribution in [1.29, 1.82) is 0 Å². The predicted octanol–water partition coefficient (Wildman–Crippen LogP) is 1.98. The first-order valence-electron chi connectivity index (χ1n) is 6.58. The van der Waals surface area contributed by atoms with Gasteiger partial charge in [0.15, 0.2) is 0 Å². The first-order chi connectivity index (χ1) is 9.42. The zero-order valence-electron chi connectivity index (χ0n) is 11.2. The lowest BCUT2D eigenvalue weighted by Crippen LogP contribution is -2.55. The minimum absolute atomic E-state index is 0.0981. The zero-order chi connectivity index (χ0) is 14.8. The van der Waals surface area contributed by atoms with Crippen LogP contribution >= 0.6 is 0 Å². The van der Waals surface area contributed by atoms with E-state index in [9.17, 15) is 19.1 Å². The summed E-state index contributed by atoms with van der Waals surface area (Å²) in [6.45, 7) is 1.73. The van der Waals surface area contributed by atoms with Crippen molar-refractivity contribution in [3.05, 3.63) is 29.8 Å². The topological polar surface area (TPSA) is 79.3 Å². The van der Waals surface area contributed by atoms with E-state index in [1.807, 2.05) is 0 Å². The molecule has 0 aliphatic heterocycles. The van der Waals surface area contributed by atoms with Crippen molar-refractivity contribution in [3.63, 3.8) is 0 Å². The molecule has 0 saturated heterocycles. The van der Waals surface area contributed by atoms with Crippen LogP contribution in [0.3, 0.4) is 0 Å². The van der Waals surface area contributed by atoms with Crippen molar-refractivity contribution in [2.24, 2.45) is 5.92 Å². The van der Waals surface area contributed by atoms with Crippen molar-refractivity contribution in [1.82, 2.24) is 10.3 Å². The summed E-state index contributed by atoms with van der Waals surface area (Å²) in [5.74, 6) is -2.62. The van der Waals surface area contributed by atoms with E-state index in [0.717, 1.165) is 25.1 Å². The summed E-state index contributed by atoms with van der Waals surface area (Å²) < 4.78 is 13.1. The van der Waals surface area contributed by atoms with Crippen LogP contribution < -0.4 is 5.32 Å². The molecule has 1 saturated carbocycles. The number of carboxylic acids is 1. The van der Waals surface area contributed by atoms with Crippen LogP contribution in [-0.4, -0.2) is 27.5 Å². The molecule has 1 aromatic heterocycles. The maximum atomic E-state index is 13.1. The van der Waals surface area contributed by atoms with E-state index in [1.165, 1.54) is 6.20 Å². The van der Waals surface area contributed by atoms with Gasteiger partial charge in [-0.05, 0) is 25.8 Å². The third kappa shape index (κ3) is 2.95. The molecule has 1 amide bonds. The molecule has 1 aliphatic carbocycles. The fraction of sp³-hybridized carbons (Fsp3) is 0.500. The van der Waals surface area contributed by atoms with Crippen molar-refractivity contribution in [2.75, 3.05) is 0 Å². The third-order valence-corrected chi connectivity index (χ3v) is 3.87. The number of pyridine rings is 1. The molecule has 2 rings (SSSR count). The monoisotopic (exact) mass is 280 g/mol. The van der Waals surface area contributed by atoms with E-state index < -0.39 is 29.2 Å². The standard InChI is InChI=1S/C14H17FN2O3/c1-14(5-3-2-4-11(14)13(19)20)17-12(18)9-6-10(15)8-16-7-9/h6-8,11H,2-5H2,1H3,(H,17,18)(H,19,20). The number of nitrogens with one attached hydrogen (secondary N) is 1. The number of rotatable bonds is 3. The molecular weight excluding hydrogens is 263 g/mol. The number of hydrogen-bond donors (Lipinski definition) is 2. The molecule has 0 spiro atoms. The summed E-state index contributed by atoms with van der Waals surface area (Å²) in [5, 5.41) is 12.0. The van der Waals surface area contributed by atoms with Crippen LogP contribution in [0.5, 0.6) is 0 Å². The Morgan fingerprint density at radius 2 is 2.20 bits per heavy atom. The van der Waals surface area contributed by atoms with Crippen molar-refractivity contribution in [3.8, 4) is 0 Å². The fourth-order valence-corrected chi connectivity index (χ4v) is 2.75. The van der Waals surface area contributed by atoms with Crippen LogP contribution in [0.1, 0.15) is 43.0 Å². The molecule has 2 atom stereocenters. The van der Waals surface area contributed by atoms with Crippen LogP contribution in [0.2, 0.25) is 0 Å². The Bertz CT molecular complexity index is 535. The Labute approximate surface area is 116 Å². The second-order valence-corrected chi connectivity index (χ2v) is 5.40. The van der Waals surface area contributed by atoms with Gasteiger partial charge in [0.25, 0.3) is 5.91 Å². The average Bonchev–Trinajstić information content (AvgIpc) is 2.38. The fourth-order valence-electron chi connectivity index (χ4n) is 2.75. The van der Waals surface area contributed by atoms with Gasteiger partial charge in [-0.15, -0.1) is 0 Å². The van der Waals surface area contributed by atoms with Gasteiger partial charge in [-0.1, -0.05) is 12.8 Å². The number of halogens is 1. The van der Waals surface area contributed by atoms with E-state index in [0.29, 0.717) is 12.8 Å². The molecule has 1 aromatic rings. The lowest BCUT2D eigenvalue weighted by molar-refractivity contribution is -0.145. The highest BCUT2D eigenvalue weighted by Gasteiger charge is 2.42. The maximum absolute atomic E-state index is 13.1. The first kappa shape index (κ1) is 14.4. The summed E-state index contributed by atoms with van der Waals surface area (Å²) >= 11 is 0. The van der Waals surface area contributed by atoms with Gasteiger partial charge in [-0.2, -0.15) is 0 Å². The largest absolute Gasteiger partial charge is 0.481 e. The molecule has 1 fully saturated rings. The molecule has 0 aromatic carbocycles. The molecule has 0 radical (unpaired) electrons. The normalized spacial score (nSPS) is 26.0. The van der Waals surface area contributed by atoms with Crippen LogP contribution in [0.4, 0.5) is 4.39 Å². The molecule has 108 valence electrons. The predicted molar refractivity (Wildman–Crippen MR) is 69.7 cm³/mol. The van der Waals surface area contributed by atoms with Gasteiger partial charge >= 0.3 is 5.97 Å². The number of hydrogen-bond acceptors (Lipinski definition) is 3. The first-order valence-corrected chi connectivity index (χ1v) is 6.58. The second-order valence-electron chi connectivity index (χ2n) is 5.40. The summed E-state index contributed by atoms with van der Waals surface area (Å²) in [4.78, 5) is 27.1. The lowest BCUT2D eigenvalue weighted by Gasteiger charge is -2.39. The Balaban J connectivity index is 2.18. The van der Waals surface area contributed by atoms with E-state index in [-0.39, 0.29) is 5.56 Å². The Kier molecular flexibility index (Phi) is 4.01.